The summed E-state index contributed by atoms with van der Waals surface area (Å²) in [6, 6.07) is 8.56. The van der Waals surface area contributed by atoms with Gasteiger partial charge >= 0.3 is 0 Å². The van der Waals surface area contributed by atoms with Crippen molar-refractivity contribution in [3.63, 3.8) is 0 Å². The SMILES string of the molecule is CSC(=S)N1CC2(CCCCC2)COC1=Nc1ccccc1Br. The van der Waals surface area contributed by atoms with Crippen molar-refractivity contribution < 1.29 is 4.74 Å². The molecule has 23 heavy (non-hydrogen) atoms. The van der Waals surface area contributed by atoms with Crippen LogP contribution in [0.4, 0.5) is 5.69 Å². The van der Waals surface area contributed by atoms with Crippen molar-refractivity contribution in [2.45, 2.75) is 32.1 Å². The third-order valence-corrected chi connectivity index (χ3v) is 6.57. The normalized spacial score (nSPS) is 22.2. The van der Waals surface area contributed by atoms with Gasteiger partial charge in [-0.2, -0.15) is 4.99 Å². The molecule has 2 aliphatic rings. The summed E-state index contributed by atoms with van der Waals surface area (Å²) in [6.07, 6.45) is 8.39. The first-order chi connectivity index (χ1) is 11.1. The van der Waals surface area contributed by atoms with Gasteiger partial charge in [0.05, 0.1) is 12.3 Å². The second kappa shape index (κ2) is 7.53. The molecule has 1 aliphatic carbocycles. The first-order valence-electron chi connectivity index (χ1n) is 7.95. The zero-order valence-electron chi connectivity index (χ0n) is 13.3. The van der Waals surface area contributed by atoms with Crippen molar-refractivity contribution in [2.24, 2.45) is 10.4 Å². The molecule has 0 N–H and O–H groups in total. The first kappa shape index (κ1) is 17.2. The van der Waals surface area contributed by atoms with Crippen LogP contribution in [0.15, 0.2) is 33.7 Å². The highest BCUT2D eigenvalue weighted by Gasteiger charge is 2.41. The molecule has 3 nitrogen and oxygen atoms in total. The Kier molecular flexibility index (Phi) is 5.65. The van der Waals surface area contributed by atoms with Gasteiger partial charge in [0.1, 0.15) is 4.32 Å². The fourth-order valence-electron chi connectivity index (χ4n) is 3.34. The van der Waals surface area contributed by atoms with E-state index in [9.17, 15) is 0 Å². The summed E-state index contributed by atoms with van der Waals surface area (Å²) in [4.78, 5) is 6.81. The molecule has 0 atom stereocenters. The van der Waals surface area contributed by atoms with Crippen LogP contribution in [0.5, 0.6) is 0 Å². The van der Waals surface area contributed by atoms with Crippen LogP contribution in [0.2, 0.25) is 0 Å². The predicted octanol–water partition coefficient (Wildman–Crippen LogP) is 5.37. The highest BCUT2D eigenvalue weighted by Crippen LogP contribution is 2.40. The molecule has 1 saturated heterocycles. The predicted molar refractivity (Wildman–Crippen MR) is 106 cm³/mol. The molecule has 0 aromatic heterocycles. The second-order valence-electron chi connectivity index (χ2n) is 6.25. The Morgan fingerprint density at radius 2 is 2.04 bits per heavy atom. The van der Waals surface area contributed by atoms with Crippen molar-refractivity contribution in [1.29, 1.82) is 0 Å². The molecule has 1 saturated carbocycles. The first-order valence-corrected chi connectivity index (χ1v) is 10.4. The summed E-state index contributed by atoms with van der Waals surface area (Å²) < 4.78 is 7.92. The molecule has 0 unspecified atom stereocenters. The fraction of sp³-hybridized carbons (Fsp3) is 0.529. The summed E-state index contributed by atoms with van der Waals surface area (Å²) in [7, 11) is 0. The van der Waals surface area contributed by atoms with Gasteiger partial charge in [-0.1, -0.05) is 55.4 Å². The molecule has 0 amide bonds. The molecule has 0 bridgehead atoms. The van der Waals surface area contributed by atoms with Gasteiger partial charge in [-0.15, -0.1) is 0 Å². The molecular formula is C17H21BrN2OS2. The minimum atomic E-state index is 0.241. The lowest BCUT2D eigenvalue weighted by Crippen LogP contribution is -2.52. The zero-order valence-corrected chi connectivity index (χ0v) is 16.5. The average molecular weight is 413 g/mol. The van der Waals surface area contributed by atoms with E-state index in [0.29, 0.717) is 6.02 Å². The standard InChI is InChI=1S/C17H21BrN2OS2/c1-23-16(22)20-11-17(9-5-2-6-10-17)12-21-15(20)19-14-8-4-3-7-13(14)18/h3-4,7-8H,2,5-6,9-12H2,1H3. The van der Waals surface area contributed by atoms with Gasteiger partial charge in [0.15, 0.2) is 0 Å². The van der Waals surface area contributed by atoms with E-state index in [-0.39, 0.29) is 5.41 Å². The minimum Gasteiger partial charge on any atom is -0.464 e. The summed E-state index contributed by atoms with van der Waals surface area (Å²) in [5, 5.41) is 0. The topological polar surface area (TPSA) is 24.8 Å². The highest BCUT2D eigenvalue weighted by molar-refractivity contribution is 9.10. The van der Waals surface area contributed by atoms with E-state index in [1.165, 1.54) is 32.1 Å². The second-order valence-corrected chi connectivity index (χ2v) is 8.55. The number of hydrogen-bond acceptors (Lipinski definition) is 4. The molecule has 1 heterocycles. The Bertz CT molecular complexity index is 614. The van der Waals surface area contributed by atoms with Crippen molar-refractivity contribution in [3.8, 4) is 0 Å². The van der Waals surface area contributed by atoms with Gasteiger partial charge in [-0.25, -0.2) is 0 Å². The van der Waals surface area contributed by atoms with E-state index in [2.05, 4.69) is 20.8 Å². The van der Waals surface area contributed by atoms with Crippen molar-refractivity contribution in [2.75, 3.05) is 19.4 Å². The number of benzene rings is 1. The Hall–Kier alpha value is -0.590. The number of para-hydroxylation sites is 1. The van der Waals surface area contributed by atoms with E-state index < -0.39 is 0 Å². The molecule has 3 rings (SSSR count). The Morgan fingerprint density at radius 3 is 2.74 bits per heavy atom. The largest absolute Gasteiger partial charge is 0.464 e. The minimum absolute atomic E-state index is 0.241. The van der Waals surface area contributed by atoms with Crippen LogP contribution in [-0.2, 0) is 4.74 Å². The van der Waals surface area contributed by atoms with Gasteiger partial charge in [0.2, 0.25) is 0 Å². The molecule has 124 valence electrons. The monoisotopic (exact) mass is 412 g/mol. The van der Waals surface area contributed by atoms with Crippen LogP contribution in [0.25, 0.3) is 0 Å². The zero-order chi connectivity index (χ0) is 16.3. The Balaban J connectivity index is 1.88. The summed E-state index contributed by atoms with van der Waals surface area (Å²) in [5.74, 6) is 0. The van der Waals surface area contributed by atoms with E-state index >= 15 is 0 Å². The lowest BCUT2D eigenvalue weighted by atomic mass is 9.74. The highest BCUT2D eigenvalue weighted by atomic mass is 79.9. The lowest BCUT2D eigenvalue weighted by Gasteiger charge is -2.45. The molecule has 1 aliphatic heterocycles. The molecule has 1 aromatic rings. The number of ether oxygens (including phenoxy) is 1. The molecule has 2 fully saturated rings. The van der Waals surface area contributed by atoms with Crippen molar-refractivity contribution in [3.05, 3.63) is 28.7 Å². The molecule has 0 radical (unpaired) electrons. The maximum atomic E-state index is 6.12. The third kappa shape index (κ3) is 3.91. The Labute approximate surface area is 156 Å². The van der Waals surface area contributed by atoms with Crippen LogP contribution in [0.1, 0.15) is 32.1 Å². The number of hydrogen-bond donors (Lipinski definition) is 0. The van der Waals surface area contributed by atoms with E-state index in [4.69, 9.17) is 21.9 Å². The van der Waals surface area contributed by atoms with Gasteiger partial charge in [0, 0.05) is 16.4 Å². The molecule has 6 heteroatoms. The Morgan fingerprint density at radius 1 is 1.30 bits per heavy atom. The maximum absolute atomic E-state index is 6.12. The number of thioether (sulfide) groups is 1. The van der Waals surface area contributed by atoms with Crippen LogP contribution in [0, 0.1) is 5.41 Å². The number of halogens is 1. The van der Waals surface area contributed by atoms with Crippen LogP contribution in [0.3, 0.4) is 0 Å². The number of thiocarbonyl (C=S) groups is 1. The van der Waals surface area contributed by atoms with Crippen LogP contribution >= 0.6 is 39.9 Å². The van der Waals surface area contributed by atoms with E-state index in [0.717, 1.165) is 27.6 Å². The van der Waals surface area contributed by atoms with E-state index in [1.807, 2.05) is 30.5 Å². The third-order valence-electron chi connectivity index (χ3n) is 4.61. The van der Waals surface area contributed by atoms with Gasteiger partial charge in [0.25, 0.3) is 6.02 Å². The average Bonchev–Trinajstić information content (AvgIpc) is 2.58. The van der Waals surface area contributed by atoms with Gasteiger partial charge < -0.3 is 4.74 Å². The number of amidine groups is 1. The number of rotatable bonds is 1. The molecule has 1 spiro atoms. The van der Waals surface area contributed by atoms with Crippen molar-refractivity contribution in [1.82, 2.24) is 4.90 Å². The quantitative estimate of drug-likeness (QED) is 0.578. The van der Waals surface area contributed by atoms with Crippen LogP contribution in [-0.4, -0.2) is 34.6 Å². The van der Waals surface area contributed by atoms with Gasteiger partial charge in [-0.05, 0) is 47.2 Å². The van der Waals surface area contributed by atoms with E-state index in [1.54, 1.807) is 11.8 Å². The molecular weight excluding hydrogens is 392 g/mol. The summed E-state index contributed by atoms with van der Waals surface area (Å²) in [5.41, 5.74) is 1.11. The number of aliphatic imine (C=N–C) groups is 1. The summed E-state index contributed by atoms with van der Waals surface area (Å²) in [6.45, 7) is 1.68. The fourth-order valence-corrected chi connectivity index (χ4v) is 4.22. The maximum Gasteiger partial charge on any atom is 0.298 e. The molecule has 1 aromatic carbocycles. The van der Waals surface area contributed by atoms with Gasteiger partial charge in [-0.3, -0.25) is 4.90 Å². The van der Waals surface area contributed by atoms with Crippen molar-refractivity contribution >= 4 is 55.9 Å². The summed E-state index contributed by atoms with van der Waals surface area (Å²) >= 11 is 10.7. The lowest BCUT2D eigenvalue weighted by molar-refractivity contribution is 0.0347. The number of nitrogens with zero attached hydrogens (tertiary/aromatic N) is 2. The van der Waals surface area contributed by atoms with Crippen LogP contribution < -0.4 is 0 Å². The smallest absolute Gasteiger partial charge is 0.298 e.